The smallest absolute Gasteiger partial charge is 0.339 e. The van der Waals surface area contributed by atoms with Crippen LogP contribution in [-0.4, -0.2) is 24.0 Å². The van der Waals surface area contributed by atoms with E-state index < -0.39 is 5.97 Å². The van der Waals surface area contributed by atoms with Crippen LogP contribution >= 0.6 is 0 Å². The van der Waals surface area contributed by atoms with Gasteiger partial charge in [-0.1, -0.05) is 27.7 Å². The lowest BCUT2D eigenvalue weighted by atomic mass is 9.98. The van der Waals surface area contributed by atoms with E-state index in [9.17, 15) is 9.59 Å². The van der Waals surface area contributed by atoms with Crippen LogP contribution in [0.15, 0.2) is 28.8 Å². The van der Waals surface area contributed by atoms with Crippen LogP contribution in [0.25, 0.3) is 0 Å². The zero-order valence-electron chi connectivity index (χ0n) is 14.5. The van der Waals surface area contributed by atoms with E-state index in [-0.39, 0.29) is 23.5 Å². The number of ether oxygens (including phenoxy) is 1. The van der Waals surface area contributed by atoms with Gasteiger partial charge >= 0.3 is 5.97 Å². The first-order chi connectivity index (χ1) is 11.3. The van der Waals surface area contributed by atoms with Crippen LogP contribution in [0.2, 0.25) is 0 Å². The standard InChI is InChI=1S/C18H22N2O4/c1-10(2)13-8-14(24-16(13)11(3)4)17(21)20-15-7-6-12(9-19-15)18(22)23-5/h6-11H,1-5H3,(H,19,20,21). The van der Waals surface area contributed by atoms with E-state index in [0.717, 1.165) is 11.3 Å². The Bertz CT molecular complexity index is 704. The van der Waals surface area contributed by atoms with Gasteiger partial charge in [0.05, 0.1) is 12.7 Å². The predicted octanol–water partition coefficient (Wildman–Crippen LogP) is 3.96. The number of nitrogens with zero attached hydrogens (tertiary/aromatic N) is 1. The highest BCUT2D eigenvalue weighted by Crippen LogP contribution is 2.29. The Morgan fingerprint density at radius 1 is 1.17 bits per heavy atom. The topological polar surface area (TPSA) is 81.4 Å². The number of anilines is 1. The fourth-order valence-corrected chi connectivity index (χ4v) is 2.32. The van der Waals surface area contributed by atoms with Gasteiger partial charge in [-0.05, 0) is 29.7 Å². The predicted molar refractivity (Wildman–Crippen MR) is 90.4 cm³/mol. The summed E-state index contributed by atoms with van der Waals surface area (Å²) in [4.78, 5) is 27.8. The van der Waals surface area contributed by atoms with Crippen LogP contribution in [0.5, 0.6) is 0 Å². The Kier molecular flexibility index (Phi) is 5.39. The van der Waals surface area contributed by atoms with Gasteiger partial charge in [0.25, 0.3) is 5.91 Å². The summed E-state index contributed by atoms with van der Waals surface area (Å²) in [5.74, 6) is 1.02. The summed E-state index contributed by atoms with van der Waals surface area (Å²) in [6, 6.07) is 4.85. The molecule has 0 radical (unpaired) electrons. The van der Waals surface area contributed by atoms with Crippen molar-refractivity contribution in [2.45, 2.75) is 39.5 Å². The number of amides is 1. The van der Waals surface area contributed by atoms with Crippen molar-refractivity contribution in [1.82, 2.24) is 4.98 Å². The Labute approximate surface area is 141 Å². The van der Waals surface area contributed by atoms with Crippen molar-refractivity contribution in [2.75, 3.05) is 12.4 Å². The van der Waals surface area contributed by atoms with Crippen molar-refractivity contribution in [3.63, 3.8) is 0 Å². The fourth-order valence-electron chi connectivity index (χ4n) is 2.32. The second-order valence-corrected chi connectivity index (χ2v) is 6.12. The molecule has 0 spiro atoms. The van der Waals surface area contributed by atoms with E-state index in [1.807, 2.05) is 13.8 Å². The fraction of sp³-hybridized carbons (Fsp3) is 0.389. The monoisotopic (exact) mass is 330 g/mol. The van der Waals surface area contributed by atoms with Gasteiger partial charge in [0.2, 0.25) is 0 Å². The summed E-state index contributed by atoms with van der Waals surface area (Å²) in [7, 11) is 1.30. The van der Waals surface area contributed by atoms with Crippen LogP contribution in [0.4, 0.5) is 5.82 Å². The number of esters is 1. The van der Waals surface area contributed by atoms with E-state index in [2.05, 4.69) is 28.9 Å². The molecule has 0 aliphatic rings. The molecule has 1 amide bonds. The van der Waals surface area contributed by atoms with E-state index >= 15 is 0 Å². The number of hydrogen-bond donors (Lipinski definition) is 1. The second-order valence-electron chi connectivity index (χ2n) is 6.12. The highest BCUT2D eigenvalue weighted by Gasteiger charge is 2.21. The number of rotatable bonds is 5. The first-order valence-corrected chi connectivity index (χ1v) is 7.82. The molecule has 0 bridgehead atoms. The Hall–Kier alpha value is -2.63. The first-order valence-electron chi connectivity index (χ1n) is 7.82. The molecule has 2 aromatic heterocycles. The summed E-state index contributed by atoms with van der Waals surface area (Å²) >= 11 is 0. The third-order valence-corrected chi connectivity index (χ3v) is 3.59. The minimum atomic E-state index is -0.477. The number of methoxy groups -OCH3 is 1. The quantitative estimate of drug-likeness (QED) is 0.839. The molecular formula is C18H22N2O4. The summed E-state index contributed by atoms with van der Waals surface area (Å²) in [6.07, 6.45) is 1.35. The average Bonchev–Trinajstić information content (AvgIpc) is 3.01. The van der Waals surface area contributed by atoms with Gasteiger partial charge in [-0.25, -0.2) is 9.78 Å². The molecule has 0 saturated carbocycles. The maximum atomic E-state index is 12.4. The highest BCUT2D eigenvalue weighted by atomic mass is 16.5. The van der Waals surface area contributed by atoms with Crippen molar-refractivity contribution in [3.8, 4) is 0 Å². The van der Waals surface area contributed by atoms with Crippen molar-refractivity contribution in [2.24, 2.45) is 0 Å². The zero-order chi connectivity index (χ0) is 17.9. The Morgan fingerprint density at radius 3 is 2.33 bits per heavy atom. The van der Waals surface area contributed by atoms with Crippen molar-refractivity contribution in [3.05, 3.63) is 47.0 Å². The third-order valence-electron chi connectivity index (χ3n) is 3.59. The van der Waals surface area contributed by atoms with Crippen LogP contribution < -0.4 is 5.32 Å². The average molecular weight is 330 g/mol. The van der Waals surface area contributed by atoms with Crippen molar-refractivity contribution >= 4 is 17.7 Å². The number of carbonyl (C=O) groups excluding carboxylic acids is 2. The number of furan rings is 1. The molecule has 0 aliphatic carbocycles. The first kappa shape index (κ1) is 17.7. The normalized spacial score (nSPS) is 11.0. The minimum Gasteiger partial charge on any atom is -0.465 e. The van der Waals surface area contributed by atoms with E-state index in [1.165, 1.54) is 19.4 Å². The van der Waals surface area contributed by atoms with Crippen LogP contribution in [0.3, 0.4) is 0 Å². The zero-order valence-corrected chi connectivity index (χ0v) is 14.5. The number of carbonyl (C=O) groups is 2. The van der Waals surface area contributed by atoms with Crippen LogP contribution in [0.1, 0.15) is 71.8 Å². The lowest BCUT2D eigenvalue weighted by Gasteiger charge is -2.07. The van der Waals surface area contributed by atoms with Gasteiger partial charge < -0.3 is 14.5 Å². The molecule has 0 aromatic carbocycles. The molecule has 24 heavy (non-hydrogen) atoms. The number of hydrogen-bond acceptors (Lipinski definition) is 5. The summed E-state index contributed by atoms with van der Waals surface area (Å²) in [5, 5.41) is 2.66. The largest absolute Gasteiger partial charge is 0.465 e. The number of aromatic nitrogens is 1. The van der Waals surface area contributed by atoms with Gasteiger partial charge in [0, 0.05) is 12.1 Å². The molecule has 0 saturated heterocycles. The van der Waals surface area contributed by atoms with Gasteiger partial charge in [-0.15, -0.1) is 0 Å². The molecule has 128 valence electrons. The maximum Gasteiger partial charge on any atom is 0.339 e. The molecule has 0 atom stereocenters. The molecule has 0 aliphatic heterocycles. The third kappa shape index (κ3) is 3.82. The maximum absolute atomic E-state index is 12.4. The van der Waals surface area contributed by atoms with Gasteiger partial charge in [0.15, 0.2) is 5.76 Å². The minimum absolute atomic E-state index is 0.196. The van der Waals surface area contributed by atoms with E-state index in [4.69, 9.17) is 4.42 Å². The molecule has 2 aromatic rings. The molecule has 2 heterocycles. The van der Waals surface area contributed by atoms with Gasteiger partial charge in [-0.2, -0.15) is 0 Å². The number of pyridine rings is 1. The molecule has 2 rings (SSSR count). The van der Waals surface area contributed by atoms with E-state index in [0.29, 0.717) is 11.4 Å². The lowest BCUT2D eigenvalue weighted by molar-refractivity contribution is 0.0600. The van der Waals surface area contributed by atoms with Gasteiger partial charge in [0.1, 0.15) is 11.6 Å². The van der Waals surface area contributed by atoms with E-state index in [1.54, 1.807) is 12.1 Å². The lowest BCUT2D eigenvalue weighted by Crippen LogP contribution is -2.12. The van der Waals surface area contributed by atoms with Gasteiger partial charge in [-0.3, -0.25) is 4.79 Å². The second kappa shape index (κ2) is 7.29. The molecule has 1 N–H and O–H groups in total. The Morgan fingerprint density at radius 2 is 1.88 bits per heavy atom. The summed E-state index contributed by atoms with van der Waals surface area (Å²) < 4.78 is 10.3. The van der Waals surface area contributed by atoms with Crippen molar-refractivity contribution < 1.29 is 18.7 Å². The van der Waals surface area contributed by atoms with Crippen molar-refractivity contribution in [1.29, 1.82) is 0 Å². The van der Waals surface area contributed by atoms with Crippen LogP contribution in [-0.2, 0) is 4.74 Å². The molecule has 0 fully saturated rings. The molecule has 6 nitrogen and oxygen atoms in total. The highest BCUT2D eigenvalue weighted by molar-refractivity contribution is 6.02. The summed E-state index contributed by atoms with van der Waals surface area (Å²) in [5.41, 5.74) is 1.35. The van der Waals surface area contributed by atoms with Crippen LogP contribution in [0, 0.1) is 0 Å². The SMILES string of the molecule is COC(=O)c1ccc(NC(=O)c2cc(C(C)C)c(C(C)C)o2)nc1. The Balaban J connectivity index is 2.18. The molecular weight excluding hydrogens is 308 g/mol. The molecule has 0 unspecified atom stereocenters. The summed E-state index contributed by atoms with van der Waals surface area (Å²) in [6.45, 7) is 8.18. The number of nitrogens with one attached hydrogen (secondary N) is 1. The molecule has 6 heteroatoms.